The summed E-state index contributed by atoms with van der Waals surface area (Å²) in [4.78, 5) is 20.2. The zero-order valence-corrected chi connectivity index (χ0v) is 20.1. The van der Waals surface area contributed by atoms with Gasteiger partial charge in [-0.3, -0.25) is 9.59 Å². The maximum absolute atomic E-state index is 10.1. The Hall–Kier alpha value is -1.22. The van der Waals surface area contributed by atoms with Crippen molar-refractivity contribution in [3.05, 3.63) is 0 Å². The molecule has 0 amide bonds. The lowest BCUT2D eigenvalue weighted by atomic mass is 10.0. The summed E-state index contributed by atoms with van der Waals surface area (Å²) < 4.78 is 4.95. The van der Waals surface area contributed by atoms with Crippen molar-refractivity contribution in [2.24, 2.45) is 5.92 Å². The standard InChI is InChI=1S/C9H16O4.C8H18O.C6H14O3/c10-8(11)6-4-2-1-3-5-7-9(12)13;1-3-5-6-8(4-2)7-9;1-5(8)4-9-6(2)3-7/h1-7H2,(H,10,11)(H,12,13);8-9H,3-7H2,1-2H3;5-8H,3-4H2,1-2H3. The Kier molecular flexibility index (Phi) is 29.8. The van der Waals surface area contributed by atoms with Gasteiger partial charge < -0.3 is 30.3 Å². The Morgan fingerprint density at radius 2 is 1.29 bits per heavy atom. The Bertz CT molecular complexity index is 366. The molecule has 0 radical (unpaired) electrons. The monoisotopic (exact) mass is 452 g/mol. The van der Waals surface area contributed by atoms with Gasteiger partial charge in [0.15, 0.2) is 0 Å². The third kappa shape index (κ3) is 36.5. The second-order valence-corrected chi connectivity index (χ2v) is 7.83. The molecule has 0 aromatic carbocycles. The van der Waals surface area contributed by atoms with Crippen LogP contribution in [-0.4, -0.2) is 69.5 Å². The molecule has 8 nitrogen and oxygen atoms in total. The number of hydrogen-bond acceptors (Lipinski definition) is 6. The van der Waals surface area contributed by atoms with Gasteiger partial charge in [-0.15, -0.1) is 0 Å². The molecule has 8 heteroatoms. The highest BCUT2D eigenvalue weighted by Gasteiger charge is 2.02. The molecule has 0 aliphatic carbocycles. The van der Waals surface area contributed by atoms with Gasteiger partial charge in [0.2, 0.25) is 0 Å². The van der Waals surface area contributed by atoms with Crippen LogP contribution in [0.2, 0.25) is 0 Å². The molecule has 3 atom stereocenters. The predicted octanol–water partition coefficient (Wildman–Crippen LogP) is 3.85. The Balaban J connectivity index is -0.000000390. The quantitative estimate of drug-likeness (QED) is 0.209. The Morgan fingerprint density at radius 3 is 1.61 bits per heavy atom. The van der Waals surface area contributed by atoms with Crippen LogP contribution in [-0.2, 0) is 14.3 Å². The Morgan fingerprint density at radius 1 is 0.806 bits per heavy atom. The number of aliphatic hydroxyl groups excluding tert-OH is 3. The van der Waals surface area contributed by atoms with Crippen molar-refractivity contribution >= 4 is 11.9 Å². The first-order valence-corrected chi connectivity index (χ1v) is 11.6. The van der Waals surface area contributed by atoms with Crippen molar-refractivity contribution in [2.75, 3.05) is 19.8 Å². The molecule has 0 aromatic rings. The summed E-state index contributed by atoms with van der Waals surface area (Å²) in [7, 11) is 0. The number of aliphatic carboxylic acids is 2. The second-order valence-electron chi connectivity index (χ2n) is 7.83. The summed E-state index contributed by atoms with van der Waals surface area (Å²) in [6.07, 6.45) is 8.75. The van der Waals surface area contributed by atoms with Crippen LogP contribution in [0.5, 0.6) is 0 Å². The van der Waals surface area contributed by atoms with Gasteiger partial charge in [0, 0.05) is 19.4 Å². The van der Waals surface area contributed by atoms with Crippen LogP contribution in [0, 0.1) is 5.92 Å². The summed E-state index contributed by atoms with van der Waals surface area (Å²) in [5, 5.41) is 42.5. The van der Waals surface area contributed by atoms with E-state index in [1.165, 1.54) is 19.3 Å². The molecule has 3 unspecified atom stereocenters. The zero-order valence-electron chi connectivity index (χ0n) is 20.1. The summed E-state index contributed by atoms with van der Waals surface area (Å²) in [5.74, 6) is -0.957. The molecule has 0 aromatic heterocycles. The normalized spacial score (nSPS) is 13.1. The fourth-order valence-corrected chi connectivity index (χ4v) is 2.36. The maximum atomic E-state index is 10.1. The van der Waals surface area contributed by atoms with Gasteiger partial charge in [-0.2, -0.15) is 0 Å². The third-order valence-corrected chi connectivity index (χ3v) is 4.46. The van der Waals surface area contributed by atoms with Crippen molar-refractivity contribution in [2.45, 2.75) is 111 Å². The Labute approximate surface area is 188 Å². The SMILES string of the molecule is CC(O)COC(C)CO.CCCCC(CC)CO.O=C(O)CCCCCCCC(=O)O. The number of carbonyl (C=O) groups is 2. The molecule has 188 valence electrons. The van der Waals surface area contributed by atoms with E-state index >= 15 is 0 Å². The van der Waals surface area contributed by atoms with Crippen molar-refractivity contribution in [1.82, 2.24) is 0 Å². The number of rotatable bonds is 17. The molecule has 0 heterocycles. The van der Waals surface area contributed by atoms with Gasteiger partial charge in [0.1, 0.15) is 0 Å². The molecule has 0 bridgehead atoms. The smallest absolute Gasteiger partial charge is 0.303 e. The average Bonchev–Trinajstić information content (AvgIpc) is 2.72. The van der Waals surface area contributed by atoms with E-state index in [1.807, 2.05) is 0 Å². The minimum absolute atomic E-state index is 0.00667. The fourth-order valence-electron chi connectivity index (χ4n) is 2.36. The predicted molar refractivity (Wildman–Crippen MR) is 122 cm³/mol. The molecular weight excluding hydrogens is 404 g/mol. The molecular formula is C23H48O8. The zero-order chi connectivity index (χ0) is 24.5. The van der Waals surface area contributed by atoms with E-state index in [2.05, 4.69) is 13.8 Å². The second kappa shape index (κ2) is 26.8. The summed E-state index contributed by atoms with van der Waals surface area (Å²) in [6.45, 7) is 8.39. The third-order valence-electron chi connectivity index (χ3n) is 4.46. The van der Waals surface area contributed by atoms with E-state index in [1.54, 1.807) is 13.8 Å². The minimum Gasteiger partial charge on any atom is -0.481 e. The van der Waals surface area contributed by atoms with Crippen LogP contribution in [0.3, 0.4) is 0 Å². The number of hydrogen-bond donors (Lipinski definition) is 5. The maximum Gasteiger partial charge on any atom is 0.303 e. The van der Waals surface area contributed by atoms with Crippen molar-refractivity contribution in [1.29, 1.82) is 0 Å². The summed E-state index contributed by atoms with van der Waals surface area (Å²) >= 11 is 0. The molecule has 0 aliphatic heterocycles. The minimum atomic E-state index is -0.759. The number of unbranched alkanes of at least 4 members (excludes halogenated alkanes) is 5. The number of aliphatic hydroxyl groups is 3. The van der Waals surface area contributed by atoms with Crippen molar-refractivity contribution in [3.8, 4) is 0 Å². The number of carboxylic acids is 2. The average molecular weight is 453 g/mol. The van der Waals surface area contributed by atoms with Crippen LogP contribution >= 0.6 is 0 Å². The van der Waals surface area contributed by atoms with Gasteiger partial charge in [-0.25, -0.2) is 0 Å². The fraction of sp³-hybridized carbons (Fsp3) is 0.913. The lowest BCUT2D eigenvalue weighted by Gasteiger charge is -2.10. The van der Waals surface area contributed by atoms with Crippen LogP contribution in [0.15, 0.2) is 0 Å². The van der Waals surface area contributed by atoms with Crippen molar-refractivity contribution < 1.29 is 39.9 Å². The number of carboxylic acid groups (broad SMARTS) is 2. The molecule has 31 heavy (non-hydrogen) atoms. The van der Waals surface area contributed by atoms with E-state index in [9.17, 15) is 9.59 Å². The molecule has 0 saturated heterocycles. The van der Waals surface area contributed by atoms with E-state index in [0.29, 0.717) is 32.0 Å². The van der Waals surface area contributed by atoms with Crippen LogP contribution < -0.4 is 0 Å². The highest BCUT2D eigenvalue weighted by atomic mass is 16.5. The van der Waals surface area contributed by atoms with Gasteiger partial charge in [-0.1, -0.05) is 52.4 Å². The van der Waals surface area contributed by atoms with E-state index in [0.717, 1.165) is 25.7 Å². The van der Waals surface area contributed by atoms with Crippen molar-refractivity contribution in [3.63, 3.8) is 0 Å². The summed E-state index contributed by atoms with van der Waals surface area (Å²) in [5.41, 5.74) is 0. The molecule has 0 aliphatic rings. The largest absolute Gasteiger partial charge is 0.481 e. The van der Waals surface area contributed by atoms with Crippen LogP contribution in [0.1, 0.15) is 98.3 Å². The van der Waals surface area contributed by atoms with E-state index < -0.39 is 18.0 Å². The van der Waals surface area contributed by atoms with Gasteiger partial charge >= 0.3 is 11.9 Å². The lowest BCUT2D eigenvalue weighted by Crippen LogP contribution is -2.19. The first-order valence-electron chi connectivity index (χ1n) is 11.6. The first kappa shape index (κ1) is 34.4. The van der Waals surface area contributed by atoms with Gasteiger partial charge in [0.05, 0.1) is 25.4 Å². The van der Waals surface area contributed by atoms with Crippen LogP contribution in [0.4, 0.5) is 0 Å². The molecule has 0 fully saturated rings. The number of ether oxygens (including phenoxy) is 1. The van der Waals surface area contributed by atoms with Gasteiger partial charge in [-0.05, 0) is 39.0 Å². The van der Waals surface area contributed by atoms with E-state index in [-0.39, 0.29) is 25.6 Å². The highest BCUT2D eigenvalue weighted by Crippen LogP contribution is 2.10. The first-order chi connectivity index (χ1) is 14.6. The summed E-state index contributed by atoms with van der Waals surface area (Å²) in [6, 6.07) is 0. The topological polar surface area (TPSA) is 145 Å². The van der Waals surface area contributed by atoms with E-state index in [4.69, 9.17) is 30.3 Å². The molecule has 0 saturated carbocycles. The lowest BCUT2D eigenvalue weighted by molar-refractivity contribution is -0.138. The molecule has 0 rings (SSSR count). The molecule has 5 N–H and O–H groups in total. The highest BCUT2D eigenvalue weighted by molar-refractivity contribution is 5.66. The van der Waals surface area contributed by atoms with Crippen LogP contribution in [0.25, 0.3) is 0 Å². The van der Waals surface area contributed by atoms with Gasteiger partial charge in [0.25, 0.3) is 0 Å². The molecule has 0 spiro atoms.